The number of fused-ring (bicyclic) bond motifs is 1. The second kappa shape index (κ2) is 10.6. The number of piperazine rings is 1. The van der Waals surface area contributed by atoms with E-state index < -0.39 is 6.04 Å². The number of anilines is 3. The van der Waals surface area contributed by atoms with Crippen LogP contribution in [0.3, 0.4) is 0 Å². The van der Waals surface area contributed by atoms with Crippen LogP contribution in [0.15, 0.2) is 66.7 Å². The molecule has 2 aliphatic rings. The van der Waals surface area contributed by atoms with Gasteiger partial charge in [0.05, 0.1) is 11.4 Å². The summed E-state index contributed by atoms with van der Waals surface area (Å²) in [4.78, 5) is 29.7. The summed E-state index contributed by atoms with van der Waals surface area (Å²) in [5.74, 6) is 0.357. The highest BCUT2D eigenvalue weighted by Crippen LogP contribution is 2.30. The van der Waals surface area contributed by atoms with E-state index in [9.17, 15) is 18.4 Å². The molecule has 2 heterocycles. The van der Waals surface area contributed by atoms with Gasteiger partial charge in [-0.05, 0) is 60.2 Å². The third kappa shape index (κ3) is 5.46. The lowest BCUT2D eigenvalue weighted by Crippen LogP contribution is -2.48. The summed E-state index contributed by atoms with van der Waals surface area (Å²) in [6.07, 6.45) is 0. The number of hydrogen-bond donors (Lipinski definition) is 2. The molecule has 1 fully saturated rings. The summed E-state index contributed by atoms with van der Waals surface area (Å²) >= 11 is 1.55. The van der Waals surface area contributed by atoms with E-state index in [-0.39, 0.29) is 23.4 Å². The molecule has 3 aromatic rings. The van der Waals surface area contributed by atoms with E-state index in [1.54, 1.807) is 47.0 Å². The van der Waals surface area contributed by atoms with Crippen molar-refractivity contribution in [2.75, 3.05) is 47.5 Å². The number of hydrogen-bond acceptors (Lipinski definition) is 5. The maximum absolute atomic E-state index is 13.4. The van der Waals surface area contributed by atoms with Gasteiger partial charge in [-0.1, -0.05) is 12.1 Å². The number of carbonyl (C=O) groups is 2. The molecular formula is C27H26F2N4O2S. The lowest BCUT2D eigenvalue weighted by molar-refractivity contribution is -0.116. The molecule has 5 rings (SSSR count). The molecule has 6 nitrogen and oxygen atoms in total. The van der Waals surface area contributed by atoms with Crippen LogP contribution in [0.2, 0.25) is 0 Å². The van der Waals surface area contributed by atoms with Gasteiger partial charge < -0.3 is 20.4 Å². The lowest BCUT2D eigenvalue weighted by atomic mass is 10.1. The maximum atomic E-state index is 13.4. The highest BCUT2D eigenvalue weighted by molar-refractivity contribution is 7.98. The van der Waals surface area contributed by atoms with Gasteiger partial charge in [-0.15, -0.1) is 0 Å². The van der Waals surface area contributed by atoms with Crippen LogP contribution in [-0.2, 0) is 10.5 Å². The normalized spacial score (nSPS) is 17.3. The molecule has 2 aliphatic heterocycles. The number of nitrogens with zero attached hydrogens (tertiary/aromatic N) is 2. The quantitative estimate of drug-likeness (QED) is 0.510. The van der Waals surface area contributed by atoms with Gasteiger partial charge in [0.1, 0.15) is 17.7 Å². The van der Waals surface area contributed by atoms with Crippen LogP contribution in [0.1, 0.15) is 15.9 Å². The fourth-order valence-corrected chi connectivity index (χ4v) is 5.42. The van der Waals surface area contributed by atoms with Gasteiger partial charge in [0.25, 0.3) is 5.91 Å². The molecule has 0 saturated carbocycles. The number of amides is 2. The zero-order valence-electron chi connectivity index (χ0n) is 19.5. The van der Waals surface area contributed by atoms with E-state index in [2.05, 4.69) is 15.5 Å². The smallest absolute Gasteiger partial charge is 0.254 e. The highest BCUT2D eigenvalue weighted by Gasteiger charge is 2.28. The Morgan fingerprint density at radius 3 is 2.44 bits per heavy atom. The van der Waals surface area contributed by atoms with Crippen molar-refractivity contribution in [1.82, 2.24) is 4.90 Å². The first-order valence-electron chi connectivity index (χ1n) is 11.8. The van der Waals surface area contributed by atoms with Crippen molar-refractivity contribution in [3.8, 4) is 0 Å². The standard InChI is InChI=1S/C27H26F2N4O2S/c28-20-5-7-22(8-6-20)32-10-12-33(13-11-32)27(35)19-4-9-23-24(15-19)31-26(34)25(30-23)17-36-16-18-2-1-3-21(29)14-18/h1-9,14-15,25,30H,10-13,16-17H2,(H,31,34)/t25-/m1/s1. The molecule has 0 aromatic heterocycles. The maximum Gasteiger partial charge on any atom is 0.254 e. The fourth-order valence-electron chi connectivity index (χ4n) is 4.42. The van der Waals surface area contributed by atoms with E-state index in [1.165, 1.54) is 24.3 Å². The van der Waals surface area contributed by atoms with Crippen LogP contribution in [0, 0.1) is 11.6 Å². The number of nitrogens with one attached hydrogen (secondary N) is 2. The van der Waals surface area contributed by atoms with E-state index in [4.69, 9.17) is 0 Å². The molecule has 2 amide bonds. The number of halogens is 2. The van der Waals surface area contributed by atoms with Gasteiger partial charge in [0.15, 0.2) is 0 Å². The molecule has 9 heteroatoms. The summed E-state index contributed by atoms with van der Waals surface area (Å²) in [5, 5.41) is 6.17. The first-order chi connectivity index (χ1) is 17.5. The second-order valence-electron chi connectivity index (χ2n) is 8.85. The SMILES string of the molecule is O=C1Nc2cc(C(=O)N3CCN(c4ccc(F)cc4)CC3)ccc2N[C@@H]1CSCc1cccc(F)c1. The lowest BCUT2D eigenvalue weighted by Gasteiger charge is -2.36. The minimum atomic E-state index is -0.419. The van der Waals surface area contributed by atoms with Crippen LogP contribution in [0.5, 0.6) is 0 Å². The molecule has 1 saturated heterocycles. The minimum Gasteiger partial charge on any atom is -0.371 e. The summed E-state index contributed by atoms with van der Waals surface area (Å²) in [6, 6.07) is 17.7. The van der Waals surface area contributed by atoms with Gasteiger partial charge in [-0.2, -0.15) is 11.8 Å². The van der Waals surface area contributed by atoms with Crippen LogP contribution < -0.4 is 15.5 Å². The van der Waals surface area contributed by atoms with Crippen molar-refractivity contribution >= 4 is 40.6 Å². The summed E-state index contributed by atoms with van der Waals surface area (Å²) in [5.41, 5.74) is 3.68. The van der Waals surface area contributed by atoms with Crippen molar-refractivity contribution in [3.63, 3.8) is 0 Å². The number of thioether (sulfide) groups is 1. The summed E-state index contributed by atoms with van der Waals surface area (Å²) in [7, 11) is 0. The Balaban J connectivity index is 1.16. The average molecular weight is 509 g/mol. The average Bonchev–Trinajstić information content (AvgIpc) is 2.89. The van der Waals surface area contributed by atoms with Gasteiger partial charge in [-0.3, -0.25) is 9.59 Å². The Morgan fingerprint density at radius 1 is 0.917 bits per heavy atom. The van der Waals surface area contributed by atoms with E-state index in [0.29, 0.717) is 48.9 Å². The van der Waals surface area contributed by atoms with Crippen molar-refractivity contribution in [1.29, 1.82) is 0 Å². The zero-order chi connectivity index (χ0) is 25.1. The molecule has 1 atom stereocenters. The number of carbonyl (C=O) groups excluding carboxylic acids is 2. The molecular weight excluding hydrogens is 482 g/mol. The Kier molecular flexibility index (Phi) is 7.09. The first kappa shape index (κ1) is 24.1. The monoisotopic (exact) mass is 508 g/mol. The number of benzene rings is 3. The first-order valence-corrected chi connectivity index (χ1v) is 13.0. The van der Waals surface area contributed by atoms with Gasteiger partial charge >= 0.3 is 0 Å². The molecule has 186 valence electrons. The topological polar surface area (TPSA) is 64.7 Å². The van der Waals surface area contributed by atoms with E-state index in [1.807, 2.05) is 12.1 Å². The molecule has 36 heavy (non-hydrogen) atoms. The Hall–Kier alpha value is -3.59. The molecule has 0 bridgehead atoms. The van der Waals surface area contributed by atoms with E-state index in [0.717, 1.165) is 16.9 Å². The highest BCUT2D eigenvalue weighted by atomic mass is 32.2. The zero-order valence-corrected chi connectivity index (χ0v) is 20.4. The molecule has 0 unspecified atom stereocenters. The molecule has 0 aliphatic carbocycles. The summed E-state index contributed by atoms with van der Waals surface area (Å²) in [6.45, 7) is 2.44. The van der Waals surface area contributed by atoms with Crippen LogP contribution in [0.25, 0.3) is 0 Å². The third-order valence-corrected chi connectivity index (χ3v) is 7.48. The third-order valence-electron chi connectivity index (χ3n) is 6.37. The van der Waals surface area contributed by atoms with Crippen molar-refractivity contribution in [2.24, 2.45) is 0 Å². The van der Waals surface area contributed by atoms with Gasteiger partial charge in [0, 0.05) is 48.9 Å². The Bertz CT molecular complexity index is 1260. The minimum absolute atomic E-state index is 0.0847. The Morgan fingerprint density at radius 2 is 1.69 bits per heavy atom. The summed E-state index contributed by atoms with van der Waals surface area (Å²) < 4.78 is 26.6. The second-order valence-corrected chi connectivity index (χ2v) is 9.88. The largest absolute Gasteiger partial charge is 0.371 e. The number of rotatable bonds is 6. The van der Waals surface area contributed by atoms with Crippen LogP contribution >= 0.6 is 11.8 Å². The van der Waals surface area contributed by atoms with Crippen molar-refractivity contribution < 1.29 is 18.4 Å². The molecule has 0 radical (unpaired) electrons. The molecule has 3 aromatic carbocycles. The fraction of sp³-hybridized carbons (Fsp3) is 0.259. The Labute approximate surface area is 212 Å². The predicted molar refractivity (Wildman–Crippen MR) is 140 cm³/mol. The van der Waals surface area contributed by atoms with Crippen molar-refractivity contribution in [2.45, 2.75) is 11.8 Å². The predicted octanol–water partition coefficient (Wildman–Crippen LogP) is 4.59. The van der Waals surface area contributed by atoms with Crippen LogP contribution in [-0.4, -0.2) is 54.7 Å². The van der Waals surface area contributed by atoms with Gasteiger partial charge in [-0.25, -0.2) is 8.78 Å². The van der Waals surface area contributed by atoms with Gasteiger partial charge in [0.2, 0.25) is 5.91 Å². The van der Waals surface area contributed by atoms with Crippen molar-refractivity contribution in [3.05, 3.63) is 89.5 Å². The van der Waals surface area contributed by atoms with Crippen LogP contribution in [0.4, 0.5) is 25.8 Å². The molecule has 0 spiro atoms. The molecule has 2 N–H and O–H groups in total. The van der Waals surface area contributed by atoms with E-state index >= 15 is 0 Å².